The predicted molar refractivity (Wildman–Crippen MR) is 79.0 cm³/mol. The van der Waals surface area contributed by atoms with E-state index in [0.717, 1.165) is 12.3 Å². The molecule has 0 radical (unpaired) electrons. The molecule has 0 fully saturated rings. The first-order valence-corrected chi connectivity index (χ1v) is 8.17. The first kappa shape index (κ1) is 16.9. The molecule has 0 amide bonds. The largest absolute Gasteiger partial charge is 0.417 e. The van der Waals surface area contributed by atoms with Crippen LogP contribution in [0.25, 0.3) is 11.3 Å². The van der Waals surface area contributed by atoms with Crippen molar-refractivity contribution < 1.29 is 21.6 Å². The molecule has 23 heavy (non-hydrogen) atoms. The Morgan fingerprint density at radius 3 is 2.35 bits per heavy atom. The normalized spacial score (nSPS) is 12.0. The minimum Gasteiger partial charge on any atom is -0.335 e. The summed E-state index contributed by atoms with van der Waals surface area (Å²) in [5.74, 6) is 0. The van der Waals surface area contributed by atoms with Crippen molar-refractivity contribution in [3.05, 3.63) is 41.6 Å². The summed E-state index contributed by atoms with van der Waals surface area (Å²) in [6.07, 6.45) is -3.83. The number of nitrogens with zero attached hydrogens (tertiary/aromatic N) is 2. The van der Waals surface area contributed by atoms with Gasteiger partial charge >= 0.3 is 6.18 Å². The Morgan fingerprint density at radius 2 is 1.87 bits per heavy atom. The molecule has 0 bridgehead atoms. The molecule has 0 saturated heterocycles. The number of hydrogen-bond donors (Lipinski definition) is 1. The topological polar surface area (TPSA) is 74.9 Å². The van der Waals surface area contributed by atoms with E-state index in [-0.39, 0.29) is 22.6 Å². The lowest BCUT2D eigenvalue weighted by Gasteiger charge is -2.16. The molecule has 1 aromatic heterocycles. The summed E-state index contributed by atoms with van der Waals surface area (Å²) >= 11 is 0. The summed E-state index contributed by atoms with van der Waals surface area (Å²) in [5.41, 5.74) is -0.887. The SMILES string of the molecule is Cn1c(C#N)ccc1-c1ccc(NS(C)(=O)=O)cc1C(F)(F)F. The van der Waals surface area contributed by atoms with Crippen LogP contribution in [0.3, 0.4) is 0 Å². The van der Waals surface area contributed by atoms with Gasteiger partial charge in [0.05, 0.1) is 11.8 Å². The van der Waals surface area contributed by atoms with Crippen LogP contribution in [-0.2, 0) is 23.2 Å². The fourth-order valence-electron chi connectivity index (χ4n) is 2.17. The van der Waals surface area contributed by atoms with Crippen molar-refractivity contribution in [3.8, 4) is 17.3 Å². The molecular weight excluding hydrogens is 331 g/mol. The molecule has 122 valence electrons. The first-order chi connectivity index (χ1) is 10.5. The lowest BCUT2D eigenvalue weighted by atomic mass is 10.0. The molecule has 0 saturated carbocycles. The number of sulfonamides is 1. The maximum Gasteiger partial charge on any atom is 0.417 e. The molecule has 1 heterocycles. The smallest absolute Gasteiger partial charge is 0.335 e. The van der Waals surface area contributed by atoms with E-state index >= 15 is 0 Å². The van der Waals surface area contributed by atoms with Gasteiger partial charge in [0.1, 0.15) is 11.8 Å². The van der Waals surface area contributed by atoms with Gasteiger partial charge in [-0.05, 0) is 24.3 Å². The number of benzene rings is 1. The third-order valence-corrected chi connectivity index (χ3v) is 3.75. The fourth-order valence-corrected chi connectivity index (χ4v) is 2.73. The van der Waals surface area contributed by atoms with E-state index in [1.807, 2.05) is 10.8 Å². The van der Waals surface area contributed by atoms with Crippen LogP contribution in [0.4, 0.5) is 18.9 Å². The lowest BCUT2D eigenvalue weighted by molar-refractivity contribution is -0.137. The number of hydrogen-bond acceptors (Lipinski definition) is 3. The molecule has 9 heteroatoms. The van der Waals surface area contributed by atoms with Crippen LogP contribution in [0.1, 0.15) is 11.3 Å². The Kier molecular flexibility index (Phi) is 4.13. The molecule has 1 aromatic carbocycles. The van der Waals surface area contributed by atoms with Gasteiger partial charge in [0.25, 0.3) is 0 Å². The van der Waals surface area contributed by atoms with E-state index in [2.05, 4.69) is 0 Å². The van der Waals surface area contributed by atoms with E-state index in [9.17, 15) is 21.6 Å². The summed E-state index contributed by atoms with van der Waals surface area (Å²) in [7, 11) is -2.21. The second kappa shape index (κ2) is 5.62. The van der Waals surface area contributed by atoms with Gasteiger partial charge in [-0.3, -0.25) is 4.72 Å². The molecule has 1 N–H and O–H groups in total. The van der Waals surface area contributed by atoms with Crippen LogP contribution >= 0.6 is 0 Å². The van der Waals surface area contributed by atoms with E-state index in [1.165, 1.54) is 35.9 Å². The molecule has 0 aliphatic rings. The van der Waals surface area contributed by atoms with Crippen molar-refractivity contribution in [2.45, 2.75) is 6.18 Å². The number of nitrogens with one attached hydrogen (secondary N) is 1. The minimum absolute atomic E-state index is 0.138. The molecule has 0 unspecified atom stereocenters. The van der Waals surface area contributed by atoms with Crippen LogP contribution in [0.15, 0.2) is 30.3 Å². The first-order valence-electron chi connectivity index (χ1n) is 6.28. The van der Waals surface area contributed by atoms with Crippen molar-refractivity contribution in [1.82, 2.24) is 4.57 Å². The van der Waals surface area contributed by atoms with Gasteiger partial charge in [-0.15, -0.1) is 0 Å². The Balaban J connectivity index is 2.64. The van der Waals surface area contributed by atoms with Crippen LogP contribution in [-0.4, -0.2) is 19.2 Å². The average molecular weight is 343 g/mol. The predicted octanol–water partition coefficient (Wildman–Crippen LogP) is 2.95. The summed E-state index contributed by atoms with van der Waals surface area (Å²) < 4.78 is 65.7. The summed E-state index contributed by atoms with van der Waals surface area (Å²) in [4.78, 5) is 0. The number of alkyl halides is 3. The van der Waals surface area contributed by atoms with Crippen molar-refractivity contribution in [3.63, 3.8) is 0 Å². The monoisotopic (exact) mass is 343 g/mol. The zero-order valence-electron chi connectivity index (χ0n) is 12.1. The number of halogens is 3. The minimum atomic E-state index is -4.68. The molecule has 0 aliphatic heterocycles. The van der Waals surface area contributed by atoms with E-state index < -0.39 is 21.8 Å². The van der Waals surface area contributed by atoms with Gasteiger partial charge in [-0.1, -0.05) is 6.07 Å². The van der Waals surface area contributed by atoms with Gasteiger partial charge in [-0.2, -0.15) is 18.4 Å². The van der Waals surface area contributed by atoms with Crippen LogP contribution in [0.2, 0.25) is 0 Å². The molecule has 5 nitrogen and oxygen atoms in total. The van der Waals surface area contributed by atoms with Crippen LogP contribution in [0.5, 0.6) is 0 Å². The highest BCUT2D eigenvalue weighted by Crippen LogP contribution is 2.39. The van der Waals surface area contributed by atoms with E-state index in [1.54, 1.807) is 0 Å². The number of nitriles is 1. The molecule has 0 aliphatic carbocycles. The van der Waals surface area contributed by atoms with Crippen molar-refractivity contribution in [2.24, 2.45) is 7.05 Å². The molecule has 2 rings (SSSR count). The summed E-state index contributed by atoms with van der Waals surface area (Å²) in [6, 6.07) is 7.85. The van der Waals surface area contributed by atoms with Crippen LogP contribution < -0.4 is 4.72 Å². The van der Waals surface area contributed by atoms with Gasteiger partial charge < -0.3 is 4.57 Å². The number of anilines is 1. The highest BCUT2D eigenvalue weighted by molar-refractivity contribution is 7.92. The van der Waals surface area contributed by atoms with Crippen molar-refractivity contribution in [1.29, 1.82) is 5.26 Å². The second-order valence-corrected chi connectivity index (χ2v) is 6.66. The zero-order chi connectivity index (χ0) is 17.4. The van der Waals surface area contributed by atoms with Crippen LogP contribution in [0, 0.1) is 11.3 Å². The molecule has 0 spiro atoms. The van der Waals surface area contributed by atoms with E-state index in [0.29, 0.717) is 0 Å². The Bertz CT molecular complexity index is 893. The highest BCUT2D eigenvalue weighted by Gasteiger charge is 2.34. The van der Waals surface area contributed by atoms with Gasteiger partial charge in [0, 0.05) is 24.0 Å². The lowest BCUT2D eigenvalue weighted by Crippen LogP contribution is -2.13. The molecule has 2 aromatic rings. The van der Waals surface area contributed by atoms with Gasteiger partial charge in [-0.25, -0.2) is 8.42 Å². The fraction of sp³-hybridized carbons (Fsp3) is 0.214. The Hall–Kier alpha value is -2.47. The Morgan fingerprint density at radius 1 is 1.22 bits per heavy atom. The summed E-state index contributed by atoms with van der Waals surface area (Å²) in [5, 5.41) is 8.91. The Labute approximate surface area is 131 Å². The van der Waals surface area contributed by atoms with Crippen molar-refractivity contribution >= 4 is 15.7 Å². The number of rotatable bonds is 3. The average Bonchev–Trinajstić information content (AvgIpc) is 2.77. The standard InChI is InChI=1S/C14H12F3N3O2S/c1-20-10(8-18)4-6-13(20)11-5-3-9(19-23(2,21)22)7-12(11)14(15,16)17/h3-7,19H,1-2H3. The molecule has 0 atom stereocenters. The zero-order valence-corrected chi connectivity index (χ0v) is 13.0. The second-order valence-electron chi connectivity index (χ2n) is 4.91. The quantitative estimate of drug-likeness (QED) is 0.931. The van der Waals surface area contributed by atoms with Crippen molar-refractivity contribution in [2.75, 3.05) is 11.0 Å². The maximum atomic E-state index is 13.3. The third kappa shape index (κ3) is 3.65. The number of aromatic nitrogens is 1. The van der Waals surface area contributed by atoms with Gasteiger partial charge in [0.2, 0.25) is 10.0 Å². The third-order valence-electron chi connectivity index (χ3n) is 3.14. The summed E-state index contributed by atoms with van der Waals surface area (Å²) in [6.45, 7) is 0. The maximum absolute atomic E-state index is 13.3. The van der Waals surface area contributed by atoms with Gasteiger partial charge in [0.15, 0.2) is 0 Å². The highest BCUT2D eigenvalue weighted by atomic mass is 32.2. The van der Waals surface area contributed by atoms with E-state index in [4.69, 9.17) is 5.26 Å². The molecular formula is C14H12F3N3O2S.